The van der Waals surface area contributed by atoms with Gasteiger partial charge in [0.15, 0.2) is 5.75 Å². The minimum absolute atomic E-state index is 0.553. The standard InChI is InChI=1S/C16H13BrClNO2/c1-20-16-13(17)7-11(18)8-14(16)19-9-12-6-10-4-2-3-5-15(10)21-12/h2-8,19H,9H2,1H3. The summed E-state index contributed by atoms with van der Waals surface area (Å²) in [5, 5.41) is 5.02. The minimum Gasteiger partial charge on any atom is -0.493 e. The molecule has 0 saturated carbocycles. The topological polar surface area (TPSA) is 34.4 Å². The van der Waals surface area contributed by atoms with Crippen LogP contribution in [0.5, 0.6) is 5.75 Å². The van der Waals surface area contributed by atoms with E-state index in [1.165, 1.54) is 0 Å². The first-order valence-electron chi connectivity index (χ1n) is 6.42. The summed E-state index contributed by atoms with van der Waals surface area (Å²) < 4.78 is 12.0. The van der Waals surface area contributed by atoms with Gasteiger partial charge in [-0.15, -0.1) is 0 Å². The van der Waals surface area contributed by atoms with Crippen molar-refractivity contribution in [3.05, 3.63) is 57.7 Å². The third kappa shape index (κ3) is 3.01. The van der Waals surface area contributed by atoms with E-state index in [1.54, 1.807) is 13.2 Å². The maximum absolute atomic E-state index is 6.08. The zero-order valence-corrected chi connectivity index (χ0v) is 13.7. The van der Waals surface area contributed by atoms with Gasteiger partial charge in [0.1, 0.15) is 11.3 Å². The van der Waals surface area contributed by atoms with Crippen LogP contribution in [-0.2, 0) is 6.54 Å². The normalized spacial score (nSPS) is 10.8. The summed E-state index contributed by atoms with van der Waals surface area (Å²) in [5.41, 5.74) is 1.70. The maximum Gasteiger partial charge on any atom is 0.156 e. The van der Waals surface area contributed by atoms with E-state index in [9.17, 15) is 0 Å². The summed E-state index contributed by atoms with van der Waals surface area (Å²) in [6.07, 6.45) is 0. The molecule has 0 aliphatic heterocycles. The van der Waals surface area contributed by atoms with Crippen molar-refractivity contribution in [2.24, 2.45) is 0 Å². The van der Waals surface area contributed by atoms with E-state index in [2.05, 4.69) is 21.2 Å². The molecule has 2 aromatic carbocycles. The number of nitrogens with one attached hydrogen (secondary N) is 1. The predicted octanol–water partition coefficient (Wildman–Crippen LogP) is 5.47. The zero-order valence-electron chi connectivity index (χ0n) is 11.3. The fraction of sp³-hybridized carbons (Fsp3) is 0.125. The molecule has 0 radical (unpaired) electrons. The Morgan fingerprint density at radius 1 is 1.24 bits per heavy atom. The Kier molecular flexibility index (Phi) is 4.08. The largest absolute Gasteiger partial charge is 0.493 e. The van der Waals surface area contributed by atoms with Gasteiger partial charge in [-0.05, 0) is 40.2 Å². The minimum atomic E-state index is 0.553. The number of ether oxygens (including phenoxy) is 1. The number of furan rings is 1. The molecule has 1 heterocycles. The number of hydrogen-bond donors (Lipinski definition) is 1. The summed E-state index contributed by atoms with van der Waals surface area (Å²) >= 11 is 9.52. The summed E-state index contributed by atoms with van der Waals surface area (Å²) in [6, 6.07) is 13.6. The van der Waals surface area contributed by atoms with E-state index in [4.69, 9.17) is 20.8 Å². The molecule has 1 aromatic heterocycles. The van der Waals surface area contributed by atoms with Gasteiger partial charge in [0, 0.05) is 10.4 Å². The van der Waals surface area contributed by atoms with Gasteiger partial charge < -0.3 is 14.5 Å². The lowest BCUT2D eigenvalue weighted by Crippen LogP contribution is -2.01. The van der Waals surface area contributed by atoms with Crippen LogP contribution in [0.4, 0.5) is 5.69 Å². The van der Waals surface area contributed by atoms with Crippen molar-refractivity contribution < 1.29 is 9.15 Å². The molecule has 0 fully saturated rings. The van der Waals surface area contributed by atoms with Gasteiger partial charge in [-0.25, -0.2) is 0 Å². The number of anilines is 1. The van der Waals surface area contributed by atoms with Crippen molar-refractivity contribution in [1.29, 1.82) is 0 Å². The number of hydrogen-bond acceptors (Lipinski definition) is 3. The van der Waals surface area contributed by atoms with Crippen molar-refractivity contribution in [3.63, 3.8) is 0 Å². The first kappa shape index (κ1) is 14.3. The quantitative estimate of drug-likeness (QED) is 0.665. The van der Waals surface area contributed by atoms with Crippen molar-refractivity contribution in [3.8, 4) is 5.75 Å². The van der Waals surface area contributed by atoms with Gasteiger partial charge in [0.2, 0.25) is 0 Å². The first-order chi connectivity index (χ1) is 10.2. The van der Waals surface area contributed by atoms with E-state index >= 15 is 0 Å². The molecule has 0 amide bonds. The van der Waals surface area contributed by atoms with E-state index in [-0.39, 0.29) is 0 Å². The Labute approximate surface area is 136 Å². The molecule has 1 N–H and O–H groups in total. The van der Waals surface area contributed by atoms with Crippen molar-refractivity contribution in [2.45, 2.75) is 6.54 Å². The average molecular weight is 367 g/mol. The van der Waals surface area contributed by atoms with Gasteiger partial charge in [0.05, 0.1) is 23.8 Å². The van der Waals surface area contributed by atoms with E-state index in [0.29, 0.717) is 11.6 Å². The number of halogens is 2. The molecule has 3 aromatic rings. The molecule has 108 valence electrons. The highest BCUT2D eigenvalue weighted by Crippen LogP contribution is 2.36. The number of rotatable bonds is 4. The SMILES string of the molecule is COc1c(Br)cc(Cl)cc1NCc1cc2ccccc2o1. The second kappa shape index (κ2) is 6.00. The number of benzene rings is 2. The molecule has 0 saturated heterocycles. The van der Waals surface area contributed by atoms with Crippen LogP contribution >= 0.6 is 27.5 Å². The lowest BCUT2D eigenvalue weighted by Gasteiger charge is -2.12. The second-order valence-corrected chi connectivity index (χ2v) is 5.86. The molecule has 5 heteroatoms. The fourth-order valence-corrected chi connectivity index (χ4v) is 3.18. The summed E-state index contributed by atoms with van der Waals surface area (Å²) in [5.74, 6) is 1.57. The molecular weight excluding hydrogens is 354 g/mol. The lowest BCUT2D eigenvalue weighted by atomic mass is 10.2. The van der Waals surface area contributed by atoms with Crippen LogP contribution in [0.3, 0.4) is 0 Å². The van der Waals surface area contributed by atoms with Crippen LogP contribution in [0.1, 0.15) is 5.76 Å². The molecule has 3 nitrogen and oxygen atoms in total. The van der Waals surface area contributed by atoms with Crippen LogP contribution in [0.25, 0.3) is 11.0 Å². The third-order valence-corrected chi connectivity index (χ3v) is 3.95. The molecular formula is C16H13BrClNO2. The molecule has 0 spiro atoms. The Morgan fingerprint density at radius 3 is 2.81 bits per heavy atom. The lowest BCUT2D eigenvalue weighted by molar-refractivity contribution is 0.413. The van der Waals surface area contributed by atoms with E-state index < -0.39 is 0 Å². The molecule has 0 aliphatic rings. The van der Waals surface area contributed by atoms with Crippen LogP contribution in [0, 0.1) is 0 Å². The van der Waals surface area contributed by atoms with Crippen LogP contribution in [-0.4, -0.2) is 7.11 Å². The van der Waals surface area contributed by atoms with Crippen molar-refractivity contribution in [2.75, 3.05) is 12.4 Å². The fourth-order valence-electron chi connectivity index (χ4n) is 2.21. The second-order valence-electron chi connectivity index (χ2n) is 4.57. The summed E-state index contributed by atoms with van der Waals surface area (Å²) in [6.45, 7) is 0.553. The Bertz CT molecular complexity index is 752. The molecule has 0 unspecified atom stereocenters. The average Bonchev–Trinajstić information content (AvgIpc) is 2.87. The zero-order chi connectivity index (χ0) is 14.8. The first-order valence-corrected chi connectivity index (χ1v) is 7.59. The molecule has 0 atom stereocenters. The summed E-state index contributed by atoms with van der Waals surface area (Å²) in [4.78, 5) is 0. The number of methoxy groups -OCH3 is 1. The summed E-state index contributed by atoms with van der Waals surface area (Å²) in [7, 11) is 1.63. The van der Waals surface area contributed by atoms with Gasteiger partial charge in [-0.1, -0.05) is 29.8 Å². The van der Waals surface area contributed by atoms with E-state index in [0.717, 1.165) is 32.6 Å². The number of para-hydroxylation sites is 1. The van der Waals surface area contributed by atoms with Gasteiger partial charge in [0.25, 0.3) is 0 Å². The highest BCUT2D eigenvalue weighted by molar-refractivity contribution is 9.10. The smallest absolute Gasteiger partial charge is 0.156 e. The Morgan fingerprint density at radius 2 is 2.05 bits per heavy atom. The van der Waals surface area contributed by atoms with Crippen molar-refractivity contribution in [1.82, 2.24) is 0 Å². The van der Waals surface area contributed by atoms with Gasteiger partial charge in [-0.2, -0.15) is 0 Å². The molecule has 0 bridgehead atoms. The molecule has 21 heavy (non-hydrogen) atoms. The highest BCUT2D eigenvalue weighted by atomic mass is 79.9. The number of fused-ring (bicyclic) bond motifs is 1. The van der Waals surface area contributed by atoms with Crippen LogP contribution in [0.2, 0.25) is 5.02 Å². The molecule has 0 aliphatic carbocycles. The van der Waals surface area contributed by atoms with Gasteiger partial charge in [-0.3, -0.25) is 0 Å². The highest BCUT2D eigenvalue weighted by Gasteiger charge is 2.10. The van der Waals surface area contributed by atoms with Gasteiger partial charge >= 0.3 is 0 Å². The monoisotopic (exact) mass is 365 g/mol. The van der Waals surface area contributed by atoms with Crippen LogP contribution < -0.4 is 10.1 Å². The predicted molar refractivity (Wildman–Crippen MR) is 89.2 cm³/mol. The Hall–Kier alpha value is -1.65. The molecule has 3 rings (SSSR count). The van der Waals surface area contributed by atoms with E-state index in [1.807, 2.05) is 36.4 Å². The third-order valence-electron chi connectivity index (χ3n) is 3.14. The maximum atomic E-state index is 6.08. The van der Waals surface area contributed by atoms with Crippen molar-refractivity contribution >= 4 is 44.2 Å². The van der Waals surface area contributed by atoms with Crippen LogP contribution in [0.15, 0.2) is 51.4 Å². The Balaban J connectivity index is 1.84.